The summed E-state index contributed by atoms with van der Waals surface area (Å²) in [6.45, 7) is 3.88. The van der Waals surface area contributed by atoms with E-state index in [0.29, 0.717) is 25.4 Å². The maximum Gasteiger partial charge on any atom is 0.287 e. The van der Waals surface area contributed by atoms with Crippen molar-refractivity contribution in [2.75, 3.05) is 14.2 Å². The number of furan rings is 1. The highest BCUT2D eigenvalue weighted by Crippen LogP contribution is 2.27. The summed E-state index contributed by atoms with van der Waals surface area (Å²) in [6.07, 6.45) is 1.77. The minimum atomic E-state index is -0.194. The number of hydrogen-bond acceptors (Lipinski definition) is 5. The quantitative estimate of drug-likeness (QED) is 0.229. The van der Waals surface area contributed by atoms with Crippen LogP contribution in [0.5, 0.6) is 11.5 Å². The Labute approximate surface area is 225 Å². The molecule has 6 nitrogen and oxygen atoms in total. The van der Waals surface area contributed by atoms with E-state index in [-0.39, 0.29) is 11.9 Å². The molecule has 1 unspecified atom stereocenters. The highest BCUT2D eigenvalue weighted by Gasteiger charge is 2.18. The van der Waals surface area contributed by atoms with Crippen LogP contribution < -0.4 is 14.8 Å². The first kappa shape index (κ1) is 27.0. The molecule has 4 rings (SSSR count). The van der Waals surface area contributed by atoms with E-state index in [1.807, 2.05) is 67.6 Å². The van der Waals surface area contributed by atoms with Crippen LogP contribution in [0, 0.1) is 0 Å². The predicted octanol–water partition coefficient (Wildman–Crippen LogP) is 6.25. The number of carbonyl (C=O) groups excluding carboxylic acids is 1. The third-order valence-electron chi connectivity index (χ3n) is 6.48. The number of hydrogen-bond donors (Lipinski definition) is 1. The van der Waals surface area contributed by atoms with E-state index in [4.69, 9.17) is 13.9 Å². The van der Waals surface area contributed by atoms with Crippen LogP contribution in [-0.2, 0) is 26.1 Å². The summed E-state index contributed by atoms with van der Waals surface area (Å²) in [7, 11) is 3.33. The van der Waals surface area contributed by atoms with Gasteiger partial charge >= 0.3 is 0 Å². The van der Waals surface area contributed by atoms with Gasteiger partial charge in [0.25, 0.3) is 5.91 Å². The number of ether oxygens (including phenoxy) is 2. The van der Waals surface area contributed by atoms with Crippen molar-refractivity contribution in [3.63, 3.8) is 0 Å². The average molecular weight is 513 g/mol. The summed E-state index contributed by atoms with van der Waals surface area (Å²) in [5.74, 6) is 2.43. The Morgan fingerprint density at radius 3 is 2.24 bits per heavy atom. The molecule has 198 valence electrons. The zero-order chi connectivity index (χ0) is 26.7. The molecule has 0 bridgehead atoms. The molecule has 38 heavy (non-hydrogen) atoms. The molecule has 6 heteroatoms. The van der Waals surface area contributed by atoms with Gasteiger partial charge in [0.2, 0.25) is 0 Å². The minimum absolute atomic E-state index is 0.0337. The van der Waals surface area contributed by atoms with Gasteiger partial charge in [0, 0.05) is 24.7 Å². The molecule has 0 saturated carbocycles. The molecular weight excluding hydrogens is 476 g/mol. The lowest BCUT2D eigenvalue weighted by Gasteiger charge is -2.23. The zero-order valence-corrected chi connectivity index (χ0v) is 22.4. The number of carbonyl (C=O) groups is 1. The van der Waals surface area contributed by atoms with Crippen LogP contribution >= 0.6 is 0 Å². The summed E-state index contributed by atoms with van der Waals surface area (Å²) in [5.41, 5.74) is 3.46. The van der Waals surface area contributed by atoms with Crippen LogP contribution in [0.15, 0.2) is 95.4 Å². The summed E-state index contributed by atoms with van der Waals surface area (Å²) in [4.78, 5) is 15.1. The van der Waals surface area contributed by atoms with E-state index in [9.17, 15) is 4.79 Å². The normalized spacial score (nSPS) is 11.8. The molecule has 4 aromatic rings. The third kappa shape index (κ3) is 7.73. The van der Waals surface area contributed by atoms with Crippen LogP contribution in [-0.4, -0.2) is 31.1 Å². The van der Waals surface area contributed by atoms with Crippen LogP contribution in [0.25, 0.3) is 0 Å². The first-order valence-electron chi connectivity index (χ1n) is 12.9. The van der Waals surface area contributed by atoms with Gasteiger partial charge in [-0.15, -0.1) is 0 Å². The van der Waals surface area contributed by atoms with Crippen LogP contribution in [0.4, 0.5) is 0 Å². The number of aryl methyl sites for hydroxylation is 1. The molecule has 1 aromatic heterocycles. The maximum atomic E-state index is 12.9. The number of amides is 1. The third-order valence-corrected chi connectivity index (χ3v) is 6.48. The SMILES string of the molecule is COc1ccc(OC)c(CN(Cc2ccccc2)Cc2ccc(C(=O)NC(C)CCc3ccccc3)o2)c1. The second-order valence-electron chi connectivity index (χ2n) is 9.47. The molecular formula is C32H36N2O4. The largest absolute Gasteiger partial charge is 0.497 e. The molecule has 1 N–H and O–H groups in total. The Hall–Kier alpha value is -4.03. The summed E-state index contributed by atoms with van der Waals surface area (Å²) in [5, 5.41) is 3.06. The second-order valence-corrected chi connectivity index (χ2v) is 9.47. The molecule has 0 saturated heterocycles. The van der Waals surface area contributed by atoms with Crippen LogP contribution in [0.2, 0.25) is 0 Å². The van der Waals surface area contributed by atoms with Crippen molar-refractivity contribution in [2.45, 2.75) is 45.4 Å². The number of rotatable bonds is 13. The number of methoxy groups -OCH3 is 2. The van der Waals surface area contributed by atoms with Gasteiger partial charge in [0.15, 0.2) is 5.76 Å². The molecule has 1 atom stereocenters. The van der Waals surface area contributed by atoms with E-state index in [1.165, 1.54) is 11.1 Å². The van der Waals surface area contributed by atoms with Crippen molar-refractivity contribution in [3.8, 4) is 11.5 Å². The molecule has 0 spiro atoms. The fourth-order valence-corrected chi connectivity index (χ4v) is 4.46. The van der Waals surface area contributed by atoms with Crippen molar-refractivity contribution < 1.29 is 18.7 Å². The van der Waals surface area contributed by atoms with Gasteiger partial charge in [-0.3, -0.25) is 9.69 Å². The van der Waals surface area contributed by atoms with Gasteiger partial charge in [-0.05, 0) is 61.2 Å². The molecule has 1 amide bonds. The predicted molar refractivity (Wildman–Crippen MR) is 149 cm³/mol. The highest BCUT2D eigenvalue weighted by atomic mass is 16.5. The molecule has 0 aliphatic heterocycles. The van der Waals surface area contributed by atoms with Gasteiger partial charge in [-0.25, -0.2) is 0 Å². The lowest BCUT2D eigenvalue weighted by molar-refractivity contribution is 0.0906. The summed E-state index contributed by atoms with van der Waals surface area (Å²) in [6, 6.07) is 30.1. The zero-order valence-electron chi connectivity index (χ0n) is 22.4. The Balaban J connectivity index is 1.42. The van der Waals surface area contributed by atoms with E-state index >= 15 is 0 Å². The van der Waals surface area contributed by atoms with Gasteiger partial charge in [0.1, 0.15) is 17.3 Å². The standard InChI is InChI=1S/C32H36N2O4/c1-24(14-15-25-10-6-4-7-11-25)33-32(35)31-19-17-29(38-31)23-34(21-26-12-8-5-9-13-26)22-27-20-28(36-2)16-18-30(27)37-3/h4-13,16-20,24H,14-15,21-23H2,1-3H3,(H,33,35). The van der Waals surface area contributed by atoms with Gasteiger partial charge in [-0.1, -0.05) is 60.7 Å². The fraction of sp³-hybridized carbons (Fsp3) is 0.281. The molecule has 0 fully saturated rings. The Bertz CT molecular complexity index is 1290. The number of nitrogens with one attached hydrogen (secondary N) is 1. The van der Waals surface area contributed by atoms with E-state index in [0.717, 1.165) is 35.7 Å². The van der Waals surface area contributed by atoms with Crippen molar-refractivity contribution in [2.24, 2.45) is 0 Å². The monoisotopic (exact) mass is 512 g/mol. The van der Waals surface area contributed by atoms with Gasteiger partial charge in [0.05, 0.1) is 20.8 Å². The topological polar surface area (TPSA) is 63.9 Å². The van der Waals surface area contributed by atoms with E-state index in [2.05, 4.69) is 34.5 Å². The molecule has 0 radical (unpaired) electrons. The fourth-order valence-electron chi connectivity index (χ4n) is 4.46. The number of nitrogens with zero attached hydrogens (tertiary/aromatic N) is 1. The van der Waals surface area contributed by atoms with E-state index < -0.39 is 0 Å². The maximum absolute atomic E-state index is 12.9. The highest BCUT2D eigenvalue weighted by molar-refractivity contribution is 5.91. The minimum Gasteiger partial charge on any atom is -0.497 e. The first-order chi connectivity index (χ1) is 18.5. The van der Waals surface area contributed by atoms with Gasteiger partial charge in [-0.2, -0.15) is 0 Å². The molecule has 1 heterocycles. The lowest BCUT2D eigenvalue weighted by Crippen LogP contribution is -2.32. The first-order valence-corrected chi connectivity index (χ1v) is 12.9. The van der Waals surface area contributed by atoms with Crippen molar-refractivity contribution >= 4 is 5.91 Å². The second kappa shape index (κ2) is 13.5. The Morgan fingerprint density at radius 1 is 0.842 bits per heavy atom. The Kier molecular flexibility index (Phi) is 9.59. The van der Waals surface area contributed by atoms with Crippen molar-refractivity contribution in [1.82, 2.24) is 10.2 Å². The average Bonchev–Trinajstić information content (AvgIpc) is 3.41. The number of benzene rings is 3. The Morgan fingerprint density at radius 2 is 1.55 bits per heavy atom. The molecule has 0 aliphatic rings. The lowest BCUT2D eigenvalue weighted by atomic mass is 10.1. The van der Waals surface area contributed by atoms with Crippen LogP contribution in [0.1, 0.15) is 46.3 Å². The molecule has 0 aliphatic carbocycles. The molecule has 3 aromatic carbocycles. The van der Waals surface area contributed by atoms with E-state index in [1.54, 1.807) is 20.3 Å². The summed E-state index contributed by atoms with van der Waals surface area (Å²) >= 11 is 0. The smallest absolute Gasteiger partial charge is 0.287 e. The summed E-state index contributed by atoms with van der Waals surface area (Å²) < 4.78 is 17.1. The van der Waals surface area contributed by atoms with Crippen LogP contribution in [0.3, 0.4) is 0 Å². The van der Waals surface area contributed by atoms with Gasteiger partial charge < -0.3 is 19.2 Å². The van der Waals surface area contributed by atoms with Crippen molar-refractivity contribution in [3.05, 3.63) is 119 Å². The van der Waals surface area contributed by atoms with Crippen molar-refractivity contribution in [1.29, 1.82) is 0 Å².